The molecule has 2 N–H and O–H groups in total. The monoisotopic (exact) mass is 347 g/mol. The van der Waals surface area contributed by atoms with Crippen molar-refractivity contribution < 1.29 is 19.4 Å². The van der Waals surface area contributed by atoms with E-state index in [1.165, 1.54) is 11.1 Å². The molecule has 1 saturated carbocycles. The Bertz CT molecular complexity index is 623. The maximum atomic E-state index is 12.3. The van der Waals surface area contributed by atoms with Gasteiger partial charge in [-0.05, 0) is 32.3 Å². The van der Waals surface area contributed by atoms with Crippen LogP contribution in [0.25, 0.3) is 0 Å². The lowest BCUT2D eigenvalue weighted by molar-refractivity contribution is -0.194. The van der Waals surface area contributed by atoms with Crippen LogP contribution < -0.4 is 5.32 Å². The molecule has 0 spiro atoms. The van der Waals surface area contributed by atoms with Crippen LogP contribution in [0.5, 0.6) is 0 Å². The van der Waals surface area contributed by atoms with Crippen LogP contribution in [0.1, 0.15) is 51.2 Å². The molecule has 5 nitrogen and oxygen atoms in total. The highest BCUT2D eigenvalue weighted by Gasteiger charge is 2.66. The summed E-state index contributed by atoms with van der Waals surface area (Å²) in [5.74, 6) is -1.20. The SMILES string of the molecule is CCOC1CC(NC(=O)CCCc2ccc(C)cc2)(C(=O)O)C1(C)C. The minimum absolute atomic E-state index is 0.151. The molecule has 1 aromatic rings. The van der Waals surface area contributed by atoms with Gasteiger partial charge in [-0.25, -0.2) is 4.79 Å². The summed E-state index contributed by atoms with van der Waals surface area (Å²) in [4.78, 5) is 24.2. The normalized spacial score (nSPS) is 24.4. The van der Waals surface area contributed by atoms with Gasteiger partial charge in [0.25, 0.3) is 0 Å². The highest BCUT2D eigenvalue weighted by molar-refractivity contribution is 5.89. The smallest absolute Gasteiger partial charge is 0.330 e. The van der Waals surface area contributed by atoms with Crippen LogP contribution in [0.4, 0.5) is 0 Å². The minimum Gasteiger partial charge on any atom is -0.479 e. The number of hydrogen-bond acceptors (Lipinski definition) is 3. The van der Waals surface area contributed by atoms with Crippen LogP contribution in [0.3, 0.4) is 0 Å². The number of carboxylic acid groups (broad SMARTS) is 1. The van der Waals surface area contributed by atoms with Crippen LogP contribution >= 0.6 is 0 Å². The zero-order valence-electron chi connectivity index (χ0n) is 15.6. The second kappa shape index (κ2) is 7.56. The maximum Gasteiger partial charge on any atom is 0.330 e. The predicted octanol–water partition coefficient (Wildman–Crippen LogP) is 3.09. The Hall–Kier alpha value is -1.88. The Balaban J connectivity index is 1.91. The molecule has 1 aromatic carbocycles. The Morgan fingerprint density at radius 3 is 2.44 bits per heavy atom. The quantitative estimate of drug-likeness (QED) is 0.758. The molecule has 1 aliphatic rings. The fourth-order valence-electron chi connectivity index (χ4n) is 3.55. The Kier molecular flexibility index (Phi) is 5.88. The third-order valence-electron chi connectivity index (χ3n) is 5.47. The van der Waals surface area contributed by atoms with Crippen molar-refractivity contribution in [2.45, 2.75) is 65.0 Å². The third kappa shape index (κ3) is 3.87. The number of nitrogens with one attached hydrogen (secondary N) is 1. The Labute approximate surface area is 149 Å². The molecule has 2 unspecified atom stereocenters. The molecule has 1 amide bonds. The molecule has 5 heteroatoms. The fraction of sp³-hybridized carbons (Fsp3) is 0.600. The number of hydrogen-bond donors (Lipinski definition) is 2. The van der Waals surface area contributed by atoms with Crippen LogP contribution in [0.15, 0.2) is 24.3 Å². The van der Waals surface area contributed by atoms with Gasteiger partial charge >= 0.3 is 5.97 Å². The summed E-state index contributed by atoms with van der Waals surface area (Å²) in [6.07, 6.45) is 1.98. The highest BCUT2D eigenvalue weighted by atomic mass is 16.5. The van der Waals surface area contributed by atoms with Gasteiger partial charge in [0.1, 0.15) is 5.54 Å². The number of aryl methyl sites for hydroxylation is 2. The van der Waals surface area contributed by atoms with Crippen molar-refractivity contribution in [2.24, 2.45) is 5.41 Å². The van der Waals surface area contributed by atoms with Gasteiger partial charge in [0.2, 0.25) is 5.91 Å². The summed E-state index contributed by atoms with van der Waals surface area (Å²) >= 11 is 0. The van der Waals surface area contributed by atoms with Crippen LogP contribution in [-0.2, 0) is 20.7 Å². The van der Waals surface area contributed by atoms with Crippen molar-refractivity contribution in [3.63, 3.8) is 0 Å². The van der Waals surface area contributed by atoms with E-state index in [9.17, 15) is 14.7 Å². The Morgan fingerprint density at radius 2 is 1.92 bits per heavy atom. The first-order valence-electron chi connectivity index (χ1n) is 8.94. The van der Waals surface area contributed by atoms with Crippen LogP contribution in [0.2, 0.25) is 0 Å². The zero-order chi connectivity index (χ0) is 18.7. The van der Waals surface area contributed by atoms with Crippen molar-refractivity contribution in [3.05, 3.63) is 35.4 Å². The van der Waals surface area contributed by atoms with E-state index < -0.39 is 16.9 Å². The molecule has 0 aliphatic heterocycles. The van der Waals surface area contributed by atoms with Gasteiger partial charge in [0, 0.05) is 24.9 Å². The average molecular weight is 347 g/mol. The van der Waals surface area contributed by atoms with Gasteiger partial charge < -0.3 is 15.2 Å². The van der Waals surface area contributed by atoms with Gasteiger partial charge in [0.15, 0.2) is 0 Å². The van der Waals surface area contributed by atoms with E-state index >= 15 is 0 Å². The topological polar surface area (TPSA) is 75.6 Å². The molecule has 0 saturated heterocycles. The summed E-state index contributed by atoms with van der Waals surface area (Å²) in [5.41, 5.74) is 0.516. The van der Waals surface area contributed by atoms with Gasteiger partial charge in [-0.1, -0.05) is 43.7 Å². The van der Waals surface area contributed by atoms with Gasteiger partial charge in [-0.15, -0.1) is 0 Å². The molecule has 138 valence electrons. The van der Waals surface area contributed by atoms with E-state index in [-0.39, 0.29) is 12.0 Å². The zero-order valence-corrected chi connectivity index (χ0v) is 15.6. The molecule has 0 aromatic heterocycles. The summed E-state index contributed by atoms with van der Waals surface area (Å²) < 4.78 is 5.61. The van der Waals surface area contributed by atoms with Crippen molar-refractivity contribution in [2.75, 3.05) is 6.61 Å². The van der Waals surface area contributed by atoms with E-state index in [2.05, 4.69) is 29.6 Å². The van der Waals surface area contributed by atoms with E-state index in [0.29, 0.717) is 25.9 Å². The minimum atomic E-state index is -1.24. The average Bonchev–Trinajstić information content (AvgIpc) is 2.55. The van der Waals surface area contributed by atoms with E-state index in [0.717, 1.165) is 6.42 Å². The van der Waals surface area contributed by atoms with Crippen LogP contribution in [-0.4, -0.2) is 35.2 Å². The number of benzene rings is 1. The molecule has 25 heavy (non-hydrogen) atoms. The van der Waals surface area contributed by atoms with Crippen molar-refractivity contribution in [1.29, 1.82) is 0 Å². The van der Waals surface area contributed by atoms with E-state index in [1.54, 1.807) is 0 Å². The lowest BCUT2D eigenvalue weighted by atomic mass is 9.54. The molecular weight excluding hydrogens is 318 g/mol. The van der Waals surface area contributed by atoms with Crippen molar-refractivity contribution in [1.82, 2.24) is 5.32 Å². The first-order valence-corrected chi connectivity index (χ1v) is 8.94. The lowest BCUT2D eigenvalue weighted by Gasteiger charge is -2.58. The Morgan fingerprint density at radius 1 is 1.28 bits per heavy atom. The first kappa shape index (κ1) is 19.4. The number of amides is 1. The predicted molar refractivity (Wildman–Crippen MR) is 96.4 cm³/mol. The largest absolute Gasteiger partial charge is 0.479 e. The van der Waals surface area contributed by atoms with E-state index in [1.807, 2.05) is 27.7 Å². The molecule has 0 bridgehead atoms. The summed E-state index contributed by atoms with van der Waals surface area (Å²) in [6, 6.07) is 8.24. The third-order valence-corrected chi connectivity index (χ3v) is 5.47. The molecule has 0 radical (unpaired) electrons. The molecule has 1 aliphatic carbocycles. The van der Waals surface area contributed by atoms with Crippen LogP contribution in [0, 0.1) is 12.3 Å². The number of carboxylic acids is 1. The van der Waals surface area contributed by atoms with Gasteiger partial charge in [-0.3, -0.25) is 4.79 Å². The van der Waals surface area contributed by atoms with E-state index in [4.69, 9.17) is 4.74 Å². The molecule has 2 rings (SSSR count). The maximum absolute atomic E-state index is 12.3. The van der Waals surface area contributed by atoms with Gasteiger partial charge in [0.05, 0.1) is 6.10 Å². The fourth-order valence-corrected chi connectivity index (χ4v) is 3.55. The van der Waals surface area contributed by atoms with Gasteiger partial charge in [-0.2, -0.15) is 0 Å². The lowest BCUT2D eigenvalue weighted by Crippen LogP contribution is -2.76. The van der Waals surface area contributed by atoms with Crippen molar-refractivity contribution >= 4 is 11.9 Å². The molecule has 1 fully saturated rings. The number of rotatable bonds is 8. The molecule has 0 heterocycles. The standard InChI is InChI=1S/C20H29NO4/c1-5-25-16-13-20(18(23)24,19(16,3)4)21-17(22)8-6-7-15-11-9-14(2)10-12-15/h9-12,16H,5-8,13H2,1-4H3,(H,21,22)(H,23,24). The summed E-state index contributed by atoms with van der Waals surface area (Å²) in [5, 5.41) is 12.5. The van der Waals surface area contributed by atoms with Crippen molar-refractivity contribution in [3.8, 4) is 0 Å². The summed E-state index contributed by atoms with van der Waals surface area (Å²) in [6.45, 7) is 8.16. The summed E-state index contributed by atoms with van der Waals surface area (Å²) in [7, 11) is 0. The molecular formula is C20H29NO4. The number of carbonyl (C=O) groups excluding carboxylic acids is 1. The second-order valence-corrected chi connectivity index (χ2v) is 7.47. The first-order chi connectivity index (χ1) is 11.7. The molecule has 2 atom stereocenters. The number of ether oxygens (including phenoxy) is 1. The highest BCUT2D eigenvalue weighted by Crippen LogP contribution is 2.51. The number of aliphatic carboxylic acids is 1. The number of carbonyl (C=O) groups is 2. The second-order valence-electron chi connectivity index (χ2n) is 7.47.